The first-order chi connectivity index (χ1) is 7.11. The van der Waals surface area contributed by atoms with E-state index in [4.69, 9.17) is 15.6 Å². The highest BCUT2D eigenvalue weighted by Crippen LogP contribution is 2.06. The SMILES string of the molecule is CC.CC.CO/C(C)=C(/C=C(\C)N)CO. The van der Waals surface area contributed by atoms with E-state index in [9.17, 15) is 0 Å². The Morgan fingerprint density at radius 2 is 1.60 bits per heavy atom. The van der Waals surface area contributed by atoms with Gasteiger partial charge in [-0.2, -0.15) is 0 Å². The Balaban J connectivity index is -0.000000318. The minimum atomic E-state index is -0.0474. The van der Waals surface area contributed by atoms with Crippen LogP contribution in [0.25, 0.3) is 0 Å². The van der Waals surface area contributed by atoms with Gasteiger partial charge in [0, 0.05) is 11.3 Å². The topological polar surface area (TPSA) is 55.5 Å². The molecule has 92 valence electrons. The van der Waals surface area contributed by atoms with Gasteiger partial charge in [-0.15, -0.1) is 0 Å². The van der Waals surface area contributed by atoms with Gasteiger partial charge in [0.15, 0.2) is 0 Å². The standard InChI is InChI=1S/C8H15NO2.2C2H6/c1-6(9)4-8(5-10)7(2)11-3;2*1-2/h4,10H,5,9H2,1-3H3;2*1-2H3/b6-4+,8-7-;;. The molecule has 0 aliphatic carbocycles. The lowest BCUT2D eigenvalue weighted by molar-refractivity contribution is 0.273. The van der Waals surface area contributed by atoms with Crippen molar-refractivity contribution in [2.24, 2.45) is 5.73 Å². The molecular weight excluding hydrogens is 190 g/mol. The van der Waals surface area contributed by atoms with Crippen molar-refractivity contribution in [3.05, 3.63) is 23.1 Å². The maximum atomic E-state index is 8.84. The van der Waals surface area contributed by atoms with Crippen LogP contribution in [-0.2, 0) is 4.74 Å². The first kappa shape index (κ1) is 19.6. The highest BCUT2D eigenvalue weighted by atomic mass is 16.5. The third-order valence-electron chi connectivity index (χ3n) is 1.33. The predicted molar refractivity (Wildman–Crippen MR) is 67.4 cm³/mol. The Hall–Kier alpha value is -0.960. The Morgan fingerprint density at radius 3 is 1.80 bits per heavy atom. The Kier molecular flexibility index (Phi) is 20.3. The van der Waals surface area contributed by atoms with E-state index in [1.165, 1.54) is 0 Å². The van der Waals surface area contributed by atoms with Crippen molar-refractivity contribution in [3.63, 3.8) is 0 Å². The second-order valence-corrected chi connectivity index (χ2v) is 2.33. The molecule has 0 fully saturated rings. The molecular formula is C12H27NO2. The third kappa shape index (κ3) is 13.0. The molecule has 0 bridgehead atoms. The lowest BCUT2D eigenvalue weighted by atomic mass is 10.2. The van der Waals surface area contributed by atoms with Gasteiger partial charge in [-0.3, -0.25) is 0 Å². The average molecular weight is 217 g/mol. The van der Waals surface area contributed by atoms with Gasteiger partial charge in [0.1, 0.15) is 0 Å². The van der Waals surface area contributed by atoms with Crippen LogP contribution in [0.15, 0.2) is 23.1 Å². The molecule has 0 rings (SSSR count). The van der Waals surface area contributed by atoms with Crippen LogP contribution in [0.3, 0.4) is 0 Å². The monoisotopic (exact) mass is 217 g/mol. The number of rotatable bonds is 3. The third-order valence-corrected chi connectivity index (χ3v) is 1.33. The molecule has 0 saturated heterocycles. The number of allylic oxidation sites excluding steroid dienone is 2. The van der Waals surface area contributed by atoms with Gasteiger partial charge in [0.05, 0.1) is 19.5 Å². The highest BCUT2D eigenvalue weighted by Gasteiger charge is 1.97. The fraction of sp³-hybridized carbons (Fsp3) is 0.667. The molecule has 0 amide bonds. The molecule has 3 nitrogen and oxygen atoms in total. The molecule has 0 spiro atoms. The summed E-state index contributed by atoms with van der Waals surface area (Å²) >= 11 is 0. The van der Waals surface area contributed by atoms with Crippen molar-refractivity contribution < 1.29 is 9.84 Å². The first-order valence-corrected chi connectivity index (χ1v) is 5.40. The van der Waals surface area contributed by atoms with Crippen LogP contribution in [0.4, 0.5) is 0 Å². The van der Waals surface area contributed by atoms with Crippen LogP contribution < -0.4 is 5.73 Å². The number of nitrogens with two attached hydrogens (primary N) is 1. The molecule has 3 heteroatoms. The van der Waals surface area contributed by atoms with Gasteiger partial charge in [0.2, 0.25) is 0 Å². The number of hydrogen-bond acceptors (Lipinski definition) is 3. The molecule has 0 radical (unpaired) electrons. The van der Waals surface area contributed by atoms with E-state index in [0.29, 0.717) is 17.0 Å². The van der Waals surface area contributed by atoms with E-state index in [-0.39, 0.29) is 6.61 Å². The van der Waals surface area contributed by atoms with Crippen molar-refractivity contribution in [3.8, 4) is 0 Å². The number of methoxy groups -OCH3 is 1. The normalized spacial score (nSPS) is 11.3. The zero-order chi connectivity index (χ0) is 12.9. The zero-order valence-electron chi connectivity index (χ0n) is 11.2. The zero-order valence-corrected chi connectivity index (χ0v) is 11.2. The molecule has 0 atom stereocenters. The number of aliphatic hydroxyl groups excluding tert-OH is 1. The Labute approximate surface area is 94.6 Å². The molecule has 0 saturated carbocycles. The van der Waals surface area contributed by atoms with E-state index in [1.807, 2.05) is 27.7 Å². The number of aliphatic hydroxyl groups is 1. The summed E-state index contributed by atoms with van der Waals surface area (Å²) < 4.78 is 4.92. The molecule has 0 aromatic heterocycles. The van der Waals surface area contributed by atoms with E-state index >= 15 is 0 Å². The van der Waals surface area contributed by atoms with Crippen LogP contribution in [0.2, 0.25) is 0 Å². The smallest absolute Gasteiger partial charge is 0.0980 e. The molecule has 0 aromatic carbocycles. The predicted octanol–water partition coefficient (Wildman–Crippen LogP) is 2.81. The van der Waals surface area contributed by atoms with Gasteiger partial charge in [-0.25, -0.2) is 0 Å². The summed E-state index contributed by atoms with van der Waals surface area (Å²) in [5.74, 6) is 0.692. The van der Waals surface area contributed by atoms with Gasteiger partial charge in [-0.1, -0.05) is 27.7 Å². The second kappa shape index (κ2) is 15.5. The minimum Gasteiger partial charge on any atom is -0.501 e. The summed E-state index contributed by atoms with van der Waals surface area (Å²) in [6.45, 7) is 11.5. The van der Waals surface area contributed by atoms with Crippen LogP contribution in [-0.4, -0.2) is 18.8 Å². The van der Waals surface area contributed by atoms with Gasteiger partial charge in [-0.05, 0) is 19.9 Å². The molecule has 0 aliphatic heterocycles. The van der Waals surface area contributed by atoms with Crippen LogP contribution in [0, 0.1) is 0 Å². The van der Waals surface area contributed by atoms with E-state index in [2.05, 4.69) is 0 Å². The molecule has 0 aliphatic rings. The van der Waals surface area contributed by atoms with Gasteiger partial charge < -0.3 is 15.6 Å². The lowest BCUT2D eigenvalue weighted by Gasteiger charge is -2.04. The largest absolute Gasteiger partial charge is 0.501 e. The second-order valence-electron chi connectivity index (χ2n) is 2.33. The average Bonchev–Trinajstić information content (AvgIpc) is 2.30. The van der Waals surface area contributed by atoms with Crippen molar-refractivity contribution >= 4 is 0 Å². The lowest BCUT2D eigenvalue weighted by Crippen LogP contribution is -1.98. The minimum absolute atomic E-state index is 0.0474. The quantitative estimate of drug-likeness (QED) is 0.564. The fourth-order valence-electron chi connectivity index (χ4n) is 0.665. The van der Waals surface area contributed by atoms with Gasteiger partial charge >= 0.3 is 0 Å². The molecule has 3 N–H and O–H groups in total. The van der Waals surface area contributed by atoms with Crippen molar-refractivity contribution in [2.45, 2.75) is 41.5 Å². The fourth-order valence-corrected chi connectivity index (χ4v) is 0.665. The van der Waals surface area contributed by atoms with Crippen LogP contribution in [0.5, 0.6) is 0 Å². The molecule has 0 aromatic rings. The summed E-state index contributed by atoms with van der Waals surface area (Å²) in [6, 6.07) is 0. The van der Waals surface area contributed by atoms with Crippen molar-refractivity contribution in [1.29, 1.82) is 0 Å². The summed E-state index contributed by atoms with van der Waals surface area (Å²) in [4.78, 5) is 0. The summed E-state index contributed by atoms with van der Waals surface area (Å²) in [7, 11) is 1.56. The first-order valence-electron chi connectivity index (χ1n) is 5.40. The number of ether oxygens (including phenoxy) is 1. The number of hydrogen-bond donors (Lipinski definition) is 2. The Bertz CT molecular complexity index is 180. The van der Waals surface area contributed by atoms with E-state index in [1.54, 1.807) is 27.0 Å². The Morgan fingerprint density at radius 1 is 1.20 bits per heavy atom. The van der Waals surface area contributed by atoms with Gasteiger partial charge in [0.25, 0.3) is 0 Å². The summed E-state index contributed by atoms with van der Waals surface area (Å²) in [5, 5.41) is 8.84. The van der Waals surface area contributed by atoms with E-state index in [0.717, 1.165) is 0 Å². The summed E-state index contributed by atoms with van der Waals surface area (Å²) in [5.41, 5.74) is 6.79. The van der Waals surface area contributed by atoms with Crippen molar-refractivity contribution in [2.75, 3.05) is 13.7 Å². The maximum absolute atomic E-state index is 8.84. The highest BCUT2D eigenvalue weighted by molar-refractivity contribution is 5.24. The molecule has 0 heterocycles. The molecule has 15 heavy (non-hydrogen) atoms. The van der Waals surface area contributed by atoms with E-state index < -0.39 is 0 Å². The van der Waals surface area contributed by atoms with Crippen LogP contribution in [0.1, 0.15) is 41.5 Å². The maximum Gasteiger partial charge on any atom is 0.0980 e. The van der Waals surface area contributed by atoms with Crippen LogP contribution >= 0.6 is 0 Å². The molecule has 0 unspecified atom stereocenters. The van der Waals surface area contributed by atoms with Crippen molar-refractivity contribution in [1.82, 2.24) is 0 Å². The summed E-state index contributed by atoms with van der Waals surface area (Å²) in [6.07, 6.45) is 1.69.